The zero-order valence-electron chi connectivity index (χ0n) is 19.5. The lowest BCUT2D eigenvalue weighted by molar-refractivity contribution is -0.134. The van der Waals surface area contributed by atoms with E-state index in [4.69, 9.17) is 4.74 Å². The number of hydrogen-bond acceptors (Lipinski definition) is 2. The SMILES string of the molecule is COc1cccc(Cn2cccc2CN(Cc2ccccc2)C(=O)C2CC2c2ccccc2)c1. The molecule has 1 fully saturated rings. The number of benzene rings is 3. The van der Waals surface area contributed by atoms with E-state index in [1.165, 1.54) is 11.1 Å². The highest BCUT2D eigenvalue weighted by Crippen LogP contribution is 2.48. The zero-order chi connectivity index (χ0) is 23.3. The fourth-order valence-corrected chi connectivity index (χ4v) is 4.70. The van der Waals surface area contributed by atoms with Crippen LogP contribution < -0.4 is 4.74 Å². The van der Waals surface area contributed by atoms with Gasteiger partial charge in [-0.1, -0.05) is 72.8 Å². The summed E-state index contributed by atoms with van der Waals surface area (Å²) in [5, 5.41) is 0. The summed E-state index contributed by atoms with van der Waals surface area (Å²) in [6, 6.07) is 33.0. The molecule has 1 aromatic heterocycles. The summed E-state index contributed by atoms with van der Waals surface area (Å²) in [4.78, 5) is 15.7. The van der Waals surface area contributed by atoms with E-state index < -0.39 is 0 Å². The zero-order valence-corrected chi connectivity index (χ0v) is 19.5. The fraction of sp³-hybridized carbons (Fsp3) is 0.233. The second kappa shape index (κ2) is 10.0. The molecule has 0 N–H and O–H groups in total. The van der Waals surface area contributed by atoms with Crippen LogP contribution in [0.5, 0.6) is 5.75 Å². The summed E-state index contributed by atoms with van der Waals surface area (Å²) in [7, 11) is 1.69. The Morgan fingerprint density at radius 3 is 2.38 bits per heavy atom. The van der Waals surface area contributed by atoms with Gasteiger partial charge < -0.3 is 14.2 Å². The number of rotatable bonds is 9. The van der Waals surface area contributed by atoms with Gasteiger partial charge in [-0.2, -0.15) is 0 Å². The first-order chi connectivity index (χ1) is 16.7. The molecule has 0 aliphatic heterocycles. The fourth-order valence-electron chi connectivity index (χ4n) is 4.70. The number of amides is 1. The summed E-state index contributed by atoms with van der Waals surface area (Å²) in [6.45, 7) is 1.94. The van der Waals surface area contributed by atoms with Gasteiger partial charge in [-0.25, -0.2) is 0 Å². The molecule has 1 aliphatic carbocycles. The molecule has 3 aromatic carbocycles. The predicted molar refractivity (Wildman–Crippen MR) is 135 cm³/mol. The Morgan fingerprint density at radius 1 is 0.882 bits per heavy atom. The predicted octanol–water partition coefficient (Wildman–Crippen LogP) is 5.88. The van der Waals surface area contributed by atoms with Gasteiger partial charge in [-0.15, -0.1) is 0 Å². The first-order valence-electron chi connectivity index (χ1n) is 11.9. The van der Waals surface area contributed by atoms with Crippen molar-refractivity contribution in [2.24, 2.45) is 5.92 Å². The number of methoxy groups -OCH3 is 1. The highest BCUT2D eigenvalue weighted by atomic mass is 16.5. The number of carbonyl (C=O) groups is 1. The van der Waals surface area contributed by atoms with Crippen molar-refractivity contribution in [3.8, 4) is 5.75 Å². The van der Waals surface area contributed by atoms with Gasteiger partial charge in [0.2, 0.25) is 5.91 Å². The molecule has 0 bridgehead atoms. The number of ether oxygens (including phenoxy) is 1. The van der Waals surface area contributed by atoms with Crippen molar-refractivity contribution < 1.29 is 9.53 Å². The molecule has 1 heterocycles. The van der Waals surface area contributed by atoms with E-state index in [2.05, 4.69) is 71.4 Å². The van der Waals surface area contributed by atoms with Crippen LogP contribution in [0.1, 0.15) is 34.7 Å². The lowest BCUT2D eigenvalue weighted by Crippen LogP contribution is -2.32. The van der Waals surface area contributed by atoms with Gasteiger partial charge in [-0.05, 0) is 53.3 Å². The number of nitrogens with zero attached hydrogens (tertiary/aromatic N) is 2. The molecule has 5 rings (SSSR count). The Labute approximate surface area is 201 Å². The van der Waals surface area contributed by atoms with E-state index in [1.54, 1.807) is 7.11 Å². The van der Waals surface area contributed by atoms with Crippen molar-refractivity contribution in [1.29, 1.82) is 0 Å². The van der Waals surface area contributed by atoms with Crippen LogP contribution in [0.4, 0.5) is 0 Å². The van der Waals surface area contributed by atoms with Crippen LogP contribution in [-0.4, -0.2) is 22.5 Å². The van der Waals surface area contributed by atoms with Crippen molar-refractivity contribution in [3.05, 3.63) is 126 Å². The van der Waals surface area contributed by atoms with Gasteiger partial charge in [0, 0.05) is 30.9 Å². The standard InChI is InChI=1S/C30H30N2O2/c1-34-27-16-8-12-24(18-27)21-31-17-9-15-26(31)22-32(20-23-10-4-2-5-11-23)30(33)29-19-28(29)25-13-6-3-7-14-25/h2-18,28-29H,19-22H2,1H3. The van der Waals surface area contributed by atoms with Gasteiger partial charge in [0.05, 0.1) is 13.7 Å². The van der Waals surface area contributed by atoms with Crippen LogP contribution >= 0.6 is 0 Å². The average molecular weight is 451 g/mol. The summed E-state index contributed by atoms with van der Waals surface area (Å²) in [6.07, 6.45) is 3.02. The van der Waals surface area contributed by atoms with E-state index in [1.807, 2.05) is 41.3 Å². The van der Waals surface area contributed by atoms with Crippen LogP contribution in [0.3, 0.4) is 0 Å². The van der Waals surface area contributed by atoms with Crippen molar-refractivity contribution in [3.63, 3.8) is 0 Å². The maximum atomic E-state index is 13.7. The third-order valence-corrected chi connectivity index (χ3v) is 6.63. The van der Waals surface area contributed by atoms with Crippen LogP contribution in [-0.2, 0) is 24.4 Å². The first kappa shape index (κ1) is 22.0. The second-order valence-electron chi connectivity index (χ2n) is 9.02. The Balaban J connectivity index is 1.35. The summed E-state index contributed by atoms with van der Waals surface area (Å²) >= 11 is 0. The van der Waals surface area contributed by atoms with E-state index in [9.17, 15) is 4.79 Å². The average Bonchev–Trinajstić information content (AvgIpc) is 3.58. The summed E-state index contributed by atoms with van der Waals surface area (Å²) in [5.74, 6) is 1.49. The molecule has 0 saturated heterocycles. The van der Waals surface area contributed by atoms with Crippen molar-refractivity contribution >= 4 is 5.91 Å². The number of hydrogen-bond donors (Lipinski definition) is 0. The Hall–Kier alpha value is -3.79. The number of aromatic nitrogens is 1. The van der Waals surface area contributed by atoms with Crippen LogP contribution in [0.15, 0.2) is 103 Å². The Morgan fingerprint density at radius 2 is 1.62 bits per heavy atom. The lowest BCUT2D eigenvalue weighted by Gasteiger charge is -2.24. The maximum absolute atomic E-state index is 13.7. The van der Waals surface area contributed by atoms with Crippen LogP contribution in [0.25, 0.3) is 0 Å². The molecule has 0 radical (unpaired) electrons. The first-order valence-corrected chi connectivity index (χ1v) is 11.9. The molecule has 4 heteroatoms. The molecule has 2 atom stereocenters. The van der Waals surface area contributed by atoms with Crippen molar-refractivity contribution in [1.82, 2.24) is 9.47 Å². The lowest BCUT2D eigenvalue weighted by atomic mass is 10.1. The molecular formula is C30H30N2O2. The van der Waals surface area contributed by atoms with Crippen molar-refractivity contribution in [2.45, 2.75) is 32.0 Å². The molecule has 1 aliphatic rings. The highest BCUT2D eigenvalue weighted by Gasteiger charge is 2.45. The number of carbonyl (C=O) groups excluding carboxylic acids is 1. The van der Waals surface area contributed by atoms with Crippen LogP contribution in [0.2, 0.25) is 0 Å². The van der Waals surface area contributed by atoms with Gasteiger partial charge in [0.15, 0.2) is 0 Å². The van der Waals surface area contributed by atoms with E-state index in [0.29, 0.717) is 19.0 Å². The van der Waals surface area contributed by atoms with Gasteiger partial charge in [0.25, 0.3) is 0 Å². The van der Waals surface area contributed by atoms with E-state index >= 15 is 0 Å². The molecule has 4 nitrogen and oxygen atoms in total. The minimum Gasteiger partial charge on any atom is -0.497 e. The molecular weight excluding hydrogens is 420 g/mol. The molecule has 172 valence electrons. The third-order valence-electron chi connectivity index (χ3n) is 6.63. The second-order valence-corrected chi connectivity index (χ2v) is 9.02. The minimum absolute atomic E-state index is 0.0629. The molecule has 0 spiro atoms. The van der Waals surface area contributed by atoms with Crippen LogP contribution in [0, 0.1) is 5.92 Å². The molecule has 4 aromatic rings. The maximum Gasteiger partial charge on any atom is 0.226 e. The topological polar surface area (TPSA) is 34.5 Å². The third kappa shape index (κ3) is 5.07. The summed E-state index contributed by atoms with van der Waals surface area (Å²) in [5.41, 5.74) is 4.72. The largest absolute Gasteiger partial charge is 0.497 e. The van der Waals surface area contributed by atoms with Gasteiger partial charge >= 0.3 is 0 Å². The van der Waals surface area contributed by atoms with Gasteiger partial charge in [0.1, 0.15) is 5.75 Å². The normalized spacial score (nSPS) is 16.7. The molecule has 34 heavy (non-hydrogen) atoms. The molecule has 1 saturated carbocycles. The highest BCUT2D eigenvalue weighted by molar-refractivity contribution is 5.83. The Kier molecular flexibility index (Phi) is 6.48. The van der Waals surface area contributed by atoms with E-state index in [0.717, 1.165) is 30.0 Å². The molecule has 1 amide bonds. The minimum atomic E-state index is 0.0629. The molecule has 2 unspecified atom stereocenters. The quantitative estimate of drug-likeness (QED) is 0.319. The monoisotopic (exact) mass is 450 g/mol. The summed E-state index contributed by atoms with van der Waals surface area (Å²) < 4.78 is 7.61. The van der Waals surface area contributed by atoms with E-state index in [-0.39, 0.29) is 11.8 Å². The van der Waals surface area contributed by atoms with Crippen molar-refractivity contribution in [2.75, 3.05) is 7.11 Å². The smallest absolute Gasteiger partial charge is 0.226 e. The Bertz CT molecular complexity index is 1230. The van der Waals surface area contributed by atoms with Gasteiger partial charge in [-0.3, -0.25) is 4.79 Å².